The van der Waals surface area contributed by atoms with E-state index in [1.807, 2.05) is 24.3 Å². The topological polar surface area (TPSA) is 90.2 Å². The summed E-state index contributed by atoms with van der Waals surface area (Å²) >= 11 is 0. The van der Waals surface area contributed by atoms with E-state index in [-0.39, 0.29) is 0 Å². The van der Waals surface area contributed by atoms with Crippen molar-refractivity contribution in [2.75, 3.05) is 7.11 Å². The van der Waals surface area contributed by atoms with Crippen molar-refractivity contribution in [3.05, 3.63) is 35.8 Å². The second kappa shape index (κ2) is 8.19. The number of methoxy groups -OCH3 is 1. The van der Waals surface area contributed by atoms with Gasteiger partial charge in [0.1, 0.15) is 5.75 Å². The molecule has 1 aromatic rings. The van der Waals surface area contributed by atoms with Crippen LogP contribution in [-0.2, 0) is 0 Å². The molecule has 4 N–H and O–H groups in total. The highest BCUT2D eigenvalue weighted by Gasteiger charge is 2.31. The lowest BCUT2D eigenvalue weighted by Crippen LogP contribution is -2.44. The van der Waals surface area contributed by atoms with Crippen molar-refractivity contribution < 1.29 is 25.0 Å². The van der Waals surface area contributed by atoms with Gasteiger partial charge in [-0.3, -0.25) is 0 Å². The highest BCUT2D eigenvalue weighted by atomic mass is 16.5. The molecule has 6 heteroatoms. The van der Waals surface area contributed by atoms with Gasteiger partial charge < -0.3 is 25.0 Å². The molecule has 0 radical (unpaired) electrons. The van der Waals surface area contributed by atoms with E-state index >= 15 is 0 Å². The second-order valence-corrected chi connectivity index (χ2v) is 5.66. The van der Waals surface area contributed by atoms with Gasteiger partial charge in [-0.15, -0.1) is 0 Å². The van der Waals surface area contributed by atoms with Crippen LogP contribution in [0.5, 0.6) is 5.75 Å². The van der Waals surface area contributed by atoms with Crippen LogP contribution >= 0.6 is 0 Å². The number of benzene rings is 1. The molecule has 0 bridgehead atoms. The Bertz CT molecular complexity index is 415. The monoisotopic (exact) mass is 296 g/mol. The van der Waals surface area contributed by atoms with Crippen LogP contribution in [0, 0.1) is 0 Å². The maximum absolute atomic E-state index is 9.10. The molecule has 0 aliphatic heterocycles. The molecule has 118 valence electrons. The van der Waals surface area contributed by atoms with E-state index in [0.29, 0.717) is 0 Å². The number of hydrogen-bond donors (Lipinski definition) is 4. The molecule has 0 atom stereocenters. The number of aliphatic hydroxyl groups is 2. The lowest BCUT2D eigenvalue weighted by atomic mass is 9.90. The van der Waals surface area contributed by atoms with Gasteiger partial charge in [0.15, 0.2) is 0 Å². The maximum Gasteiger partial charge on any atom is 0.480 e. The van der Waals surface area contributed by atoms with Crippen LogP contribution in [0.15, 0.2) is 30.2 Å². The van der Waals surface area contributed by atoms with Crippen LogP contribution in [-0.4, -0.2) is 45.7 Å². The Kier molecular flexibility index (Phi) is 7.67. The molecule has 0 aliphatic rings. The molecule has 0 amide bonds. The fourth-order valence-corrected chi connectivity index (χ4v) is 0.912. The Morgan fingerprint density at radius 3 is 1.67 bits per heavy atom. The molecule has 0 aromatic heterocycles. The Hall–Kier alpha value is -1.34. The van der Waals surface area contributed by atoms with Gasteiger partial charge in [0, 0.05) is 0 Å². The molecule has 1 rings (SSSR count). The predicted molar refractivity (Wildman–Crippen MR) is 84.8 cm³/mol. The molecule has 1 aromatic carbocycles. The van der Waals surface area contributed by atoms with Gasteiger partial charge in [0.25, 0.3) is 0 Å². The normalized spacial score (nSPS) is 11.9. The zero-order valence-corrected chi connectivity index (χ0v) is 13.2. The first kappa shape index (κ1) is 19.7. The van der Waals surface area contributed by atoms with Crippen LogP contribution in [0.2, 0.25) is 0 Å². The van der Waals surface area contributed by atoms with Crippen LogP contribution in [0.4, 0.5) is 0 Å². The van der Waals surface area contributed by atoms with Crippen LogP contribution in [0.1, 0.15) is 33.3 Å². The highest BCUT2D eigenvalue weighted by molar-refractivity contribution is 6.48. The van der Waals surface area contributed by atoms with Crippen molar-refractivity contribution in [3.8, 4) is 5.75 Å². The molecule has 0 heterocycles. The van der Waals surface area contributed by atoms with Crippen molar-refractivity contribution in [2.45, 2.75) is 38.9 Å². The largest absolute Gasteiger partial charge is 0.497 e. The van der Waals surface area contributed by atoms with E-state index in [1.54, 1.807) is 40.9 Å². The third kappa shape index (κ3) is 8.52. The minimum Gasteiger partial charge on any atom is -0.497 e. The van der Waals surface area contributed by atoms with E-state index in [4.69, 9.17) is 25.0 Å². The second-order valence-electron chi connectivity index (χ2n) is 5.66. The van der Waals surface area contributed by atoms with E-state index < -0.39 is 18.3 Å². The number of ether oxygens (including phenoxy) is 1. The summed E-state index contributed by atoms with van der Waals surface area (Å²) in [6.07, 6.45) is 1.63. The molecule has 0 unspecified atom stereocenters. The first-order chi connectivity index (χ1) is 9.47. The molecule has 0 saturated carbocycles. The average molecular weight is 296 g/mol. The van der Waals surface area contributed by atoms with Gasteiger partial charge in [-0.2, -0.15) is 0 Å². The standard InChI is InChI=1S/C9H11BO3.C6H14O2/c1-13-9-4-2-8(3-5-9)6-7-10(11)12;1-5(2,7)6(3,4)8/h2-7,11-12H,1H3;7-8H,1-4H3. The molecule has 0 spiro atoms. The zero-order valence-electron chi connectivity index (χ0n) is 13.2. The summed E-state index contributed by atoms with van der Waals surface area (Å²) in [5, 5.41) is 35.3. The summed E-state index contributed by atoms with van der Waals surface area (Å²) in [4.78, 5) is 0. The minimum absolute atomic E-state index is 0.779. The maximum atomic E-state index is 9.10. The highest BCUT2D eigenvalue weighted by Crippen LogP contribution is 2.19. The van der Waals surface area contributed by atoms with Crippen molar-refractivity contribution in [2.24, 2.45) is 0 Å². The fourth-order valence-electron chi connectivity index (χ4n) is 0.912. The lowest BCUT2D eigenvalue weighted by Gasteiger charge is -2.31. The van der Waals surface area contributed by atoms with Gasteiger partial charge in [-0.25, -0.2) is 0 Å². The molecule has 5 nitrogen and oxygen atoms in total. The summed E-state index contributed by atoms with van der Waals surface area (Å²) in [5.41, 5.74) is -1.12. The van der Waals surface area contributed by atoms with Crippen LogP contribution < -0.4 is 4.74 Å². The molecule has 0 aliphatic carbocycles. The van der Waals surface area contributed by atoms with Crippen molar-refractivity contribution in [1.29, 1.82) is 0 Å². The summed E-state index contributed by atoms with van der Waals surface area (Å²) in [6.45, 7) is 6.31. The van der Waals surface area contributed by atoms with E-state index in [1.165, 1.54) is 5.98 Å². The van der Waals surface area contributed by atoms with Gasteiger partial charge >= 0.3 is 7.12 Å². The van der Waals surface area contributed by atoms with Gasteiger partial charge in [-0.1, -0.05) is 24.2 Å². The summed E-state index contributed by atoms with van der Waals surface area (Å²) in [7, 11) is 0.199. The van der Waals surface area contributed by atoms with E-state index in [2.05, 4.69) is 0 Å². The van der Waals surface area contributed by atoms with Gasteiger partial charge in [0.05, 0.1) is 18.3 Å². The lowest BCUT2D eigenvalue weighted by molar-refractivity contribution is -0.107. The van der Waals surface area contributed by atoms with Crippen LogP contribution in [0.25, 0.3) is 6.08 Å². The summed E-state index contributed by atoms with van der Waals surface area (Å²) in [6, 6.07) is 7.28. The van der Waals surface area contributed by atoms with E-state index in [9.17, 15) is 0 Å². The zero-order chi connectivity index (χ0) is 16.7. The molecular weight excluding hydrogens is 271 g/mol. The van der Waals surface area contributed by atoms with E-state index in [0.717, 1.165) is 11.3 Å². The third-order valence-corrected chi connectivity index (χ3v) is 3.07. The molecule has 21 heavy (non-hydrogen) atoms. The van der Waals surface area contributed by atoms with Crippen molar-refractivity contribution in [1.82, 2.24) is 0 Å². The first-order valence-corrected chi connectivity index (χ1v) is 6.60. The summed E-state index contributed by atoms with van der Waals surface area (Å²) < 4.78 is 4.97. The Balaban J connectivity index is 0.000000433. The SMILES string of the molecule is CC(C)(O)C(C)(C)O.COc1ccc(C=CB(O)O)cc1. The average Bonchev–Trinajstić information content (AvgIpc) is 2.35. The molecule has 0 saturated heterocycles. The predicted octanol–water partition coefficient (Wildman–Crippen LogP) is 1.25. The fraction of sp³-hybridized carbons (Fsp3) is 0.467. The van der Waals surface area contributed by atoms with Crippen LogP contribution in [0.3, 0.4) is 0 Å². The Morgan fingerprint density at radius 1 is 0.952 bits per heavy atom. The number of hydrogen-bond acceptors (Lipinski definition) is 5. The minimum atomic E-state index is -1.40. The summed E-state index contributed by atoms with van der Waals surface area (Å²) in [5.74, 6) is 2.07. The van der Waals surface area contributed by atoms with Gasteiger partial charge in [0.2, 0.25) is 0 Å². The van der Waals surface area contributed by atoms with Gasteiger partial charge in [-0.05, 0) is 45.4 Å². The van der Waals surface area contributed by atoms with Crippen molar-refractivity contribution in [3.63, 3.8) is 0 Å². The smallest absolute Gasteiger partial charge is 0.480 e. The molecular formula is C15H25BO5. The Labute approximate surface area is 126 Å². The quantitative estimate of drug-likeness (QED) is 0.628. The molecule has 0 fully saturated rings. The number of rotatable bonds is 4. The Morgan fingerprint density at radius 2 is 1.38 bits per heavy atom. The first-order valence-electron chi connectivity index (χ1n) is 6.60. The third-order valence-electron chi connectivity index (χ3n) is 3.07. The van der Waals surface area contributed by atoms with Crippen molar-refractivity contribution >= 4 is 13.2 Å².